The summed E-state index contributed by atoms with van der Waals surface area (Å²) >= 11 is 0. The number of aliphatic hydroxyl groups is 1. The molecular weight excluding hydrogens is 540 g/mol. The molecule has 216 valence electrons. The second kappa shape index (κ2) is 10.9. The molecule has 0 aliphatic carbocycles. The van der Waals surface area contributed by atoms with Crippen LogP contribution in [0.5, 0.6) is 51.7 Å². The largest absolute Gasteiger partial charge is 0.508 e. The standard InChI is InChI=1S/C29H28O12/c1-34-17-9-6-13(31)10-15(17)25-29(38-5)22(33)21-18(35-2)11-19-27(28(21)41-25)40-23(20(12-30)39-19)14-7-8-16(32)26(37-4)24(14)36-3/h6-11,20,23,30-32H,12H2,1-5H3. The first-order chi connectivity index (χ1) is 19.8. The summed E-state index contributed by atoms with van der Waals surface area (Å²) < 4.78 is 46.1. The van der Waals surface area contributed by atoms with E-state index in [0.717, 1.165) is 0 Å². The van der Waals surface area contributed by atoms with Gasteiger partial charge in [-0.1, -0.05) is 0 Å². The topological polar surface area (TPSA) is 156 Å². The smallest absolute Gasteiger partial charge is 0.239 e. The lowest BCUT2D eigenvalue weighted by Crippen LogP contribution is -2.36. The van der Waals surface area contributed by atoms with Crippen LogP contribution < -0.4 is 38.6 Å². The van der Waals surface area contributed by atoms with E-state index < -0.39 is 24.2 Å². The Bertz CT molecular complexity index is 1680. The molecule has 1 aliphatic rings. The number of hydrogen-bond acceptors (Lipinski definition) is 12. The highest BCUT2D eigenvalue weighted by atomic mass is 16.6. The number of aromatic hydroxyl groups is 2. The van der Waals surface area contributed by atoms with Crippen molar-refractivity contribution in [3.05, 3.63) is 52.2 Å². The van der Waals surface area contributed by atoms with Gasteiger partial charge in [-0.2, -0.15) is 0 Å². The normalized spacial score (nSPS) is 15.9. The number of fused-ring (bicyclic) bond motifs is 3. The monoisotopic (exact) mass is 568 g/mol. The third-order valence-corrected chi connectivity index (χ3v) is 6.74. The van der Waals surface area contributed by atoms with E-state index in [9.17, 15) is 20.1 Å². The van der Waals surface area contributed by atoms with Gasteiger partial charge in [-0.15, -0.1) is 0 Å². The van der Waals surface area contributed by atoms with Crippen LogP contribution in [0.3, 0.4) is 0 Å². The van der Waals surface area contributed by atoms with Crippen molar-refractivity contribution in [1.82, 2.24) is 0 Å². The Morgan fingerprint density at radius 3 is 2.15 bits per heavy atom. The number of rotatable bonds is 8. The van der Waals surface area contributed by atoms with Crippen LogP contribution >= 0.6 is 0 Å². The number of phenols is 2. The molecule has 12 heteroatoms. The number of ether oxygens (including phenoxy) is 7. The highest BCUT2D eigenvalue weighted by Crippen LogP contribution is 2.51. The summed E-state index contributed by atoms with van der Waals surface area (Å²) in [6.07, 6.45) is -1.94. The number of aliphatic hydroxyl groups excluding tert-OH is 1. The SMILES string of the molecule is COc1ccc(O)cc1-c1oc2c3c(cc(OC)c2c(=O)c1OC)OC(CO)C(c1ccc(O)c(OC)c1OC)O3. The Labute approximate surface area is 233 Å². The number of benzene rings is 3. The van der Waals surface area contributed by atoms with E-state index in [1.165, 1.54) is 65.9 Å². The molecule has 1 aliphatic heterocycles. The van der Waals surface area contributed by atoms with Crippen molar-refractivity contribution in [1.29, 1.82) is 0 Å². The molecule has 0 saturated heterocycles. The predicted octanol–water partition coefficient (Wildman–Crippen LogP) is 3.79. The Morgan fingerprint density at radius 2 is 1.51 bits per heavy atom. The lowest BCUT2D eigenvalue weighted by molar-refractivity contribution is -0.0130. The van der Waals surface area contributed by atoms with Gasteiger partial charge in [-0.25, -0.2) is 0 Å². The van der Waals surface area contributed by atoms with Gasteiger partial charge >= 0.3 is 0 Å². The van der Waals surface area contributed by atoms with Gasteiger partial charge in [0.05, 0.1) is 47.7 Å². The van der Waals surface area contributed by atoms with Gasteiger partial charge in [0.1, 0.15) is 22.6 Å². The fourth-order valence-corrected chi connectivity index (χ4v) is 4.89. The van der Waals surface area contributed by atoms with E-state index in [1.54, 1.807) is 6.07 Å². The summed E-state index contributed by atoms with van der Waals surface area (Å²) in [5, 5.41) is 30.7. The molecule has 0 fully saturated rings. The molecule has 0 saturated carbocycles. The van der Waals surface area contributed by atoms with Crippen LogP contribution in [0.15, 0.2) is 45.6 Å². The molecule has 4 aromatic rings. The van der Waals surface area contributed by atoms with Gasteiger partial charge in [0.25, 0.3) is 0 Å². The lowest BCUT2D eigenvalue weighted by atomic mass is 10.00. The van der Waals surface area contributed by atoms with Gasteiger partial charge in [0, 0.05) is 11.6 Å². The van der Waals surface area contributed by atoms with Crippen LogP contribution in [-0.4, -0.2) is 63.6 Å². The third kappa shape index (κ3) is 4.42. The van der Waals surface area contributed by atoms with Crippen molar-refractivity contribution < 1.29 is 52.9 Å². The van der Waals surface area contributed by atoms with Crippen LogP contribution in [0.2, 0.25) is 0 Å². The van der Waals surface area contributed by atoms with E-state index in [2.05, 4.69) is 0 Å². The molecule has 2 unspecified atom stereocenters. The highest BCUT2D eigenvalue weighted by molar-refractivity contribution is 5.94. The van der Waals surface area contributed by atoms with E-state index in [1.807, 2.05) is 0 Å². The van der Waals surface area contributed by atoms with Crippen molar-refractivity contribution in [2.24, 2.45) is 0 Å². The number of phenolic OH excluding ortho intramolecular Hbond substituents is 2. The zero-order chi connectivity index (χ0) is 29.4. The first kappa shape index (κ1) is 27.6. The van der Waals surface area contributed by atoms with Crippen molar-refractivity contribution in [2.75, 3.05) is 42.2 Å². The van der Waals surface area contributed by atoms with Crippen molar-refractivity contribution in [3.63, 3.8) is 0 Å². The fraction of sp³-hybridized carbons (Fsp3) is 0.276. The maximum absolute atomic E-state index is 13.8. The molecule has 3 aromatic carbocycles. The maximum Gasteiger partial charge on any atom is 0.239 e. The molecule has 0 radical (unpaired) electrons. The zero-order valence-electron chi connectivity index (χ0n) is 22.8. The maximum atomic E-state index is 13.8. The molecule has 1 aromatic heterocycles. The lowest BCUT2D eigenvalue weighted by Gasteiger charge is -2.34. The van der Waals surface area contributed by atoms with E-state index in [-0.39, 0.29) is 68.3 Å². The second-order valence-corrected chi connectivity index (χ2v) is 8.91. The van der Waals surface area contributed by atoms with Crippen molar-refractivity contribution >= 4 is 11.0 Å². The molecule has 2 atom stereocenters. The van der Waals surface area contributed by atoms with Crippen LogP contribution in [0.25, 0.3) is 22.3 Å². The first-order valence-electron chi connectivity index (χ1n) is 12.3. The molecule has 0 bridgehead atoms. The summed E-state index contributed by atoms with van der Waals surface area (Å²) in [6, 6.07) is 8.71. The summed E-state index contributed by atoms with van der Waals surface area (Å²) in [6.45, 7) is -0.463. The van der Waals surface area contributed by atoms with Crippen molar-refractivity contribution in [3.8, 4) is 63.1 Å². The third-order valence-electron chi connectivity index (χ3n) is 6.74. The van der Waals surface area contributed by atoms with Gasteiger partial charge in [0.2, 0.25) is 22.7 Å². The van der Waals surface area contributed by atoms with Crippen LogP contribution in [0.1, 0.15) is 11.7 Å². The molecule has 2 heterocycles. The summed E-state index contributed by atoms with van der Waals surface area (Å²) in [4.78, 5) is 13.8. The minimum absolute atomic E-state index is 0.00557. The molecule has 0 spiro atoms. The van der Waals surface area contributed by atoms with Gasteiger partial charge < -0.3 is 52.9 Å². The molecule has 12 nitrogen and oxygen atoms in total. The van der Waals surface area contributed by atoms with E-state index in [4.69, 9.17) is 37.6 Å². The Kier molecular flexibility index (Phi) is 7.33. The Balaban J connectivity index is 1.81. The summed E-state index contributed by atoms with van der Waals surface area (Å²) in [5.74, 6) is 0.341. The van der Waals surface area contributed by atoms with E-state index >= 15 is 0 Å². The quantitative estimate of drug-likeness (QED) is 0.283. The zero-order valence-corrected chi connectivity index (χ0v) is 22.8. The van der Waals surface area contributed by atoms with Crippen molar-refractivity contribution in [2.45, 2.75) is 12.2 Å². The molecule has 5 rings (SSSR count). The van der Waals surface area contributed by atoms with Gasteiger partial charge in [0.15, 0.2) is 40.8 Å². The van der Waals surface area contributed by atoms with Gasteiger partial charge in [-0.3, -0.25) is 4.79 Å². The summed E-state index contributed by atoms with van der Waals surface area (Å²) in [5.41, 5.74) is 0.00619. The Hall–Kier alpha value is -4.97. The highest BCUT2D eigenvalue weighted by Gasteiger charge is 2.39. The minimum Gasteiger partial charge on any atom is -0.508 e. The molecular formula is C29H28O12. The summed E-state index contributed by atoms with van der Waals surface area (Å²) in [7, 11) is 6.89. The minimum atomic E-state index is -1.00. The van der Waals surface area contributed by atoms with Gasteiger partial charge in [-0.05, 0) is 30.3 Å². The number of methoxy groups -OCH3 is 5. The van der Waals surface area contributed by atoms with Crippen LogP contribution in [0, 0.1) is 0 Å². The molecule has 41 heavy (non-hydrogen) atoms. The van der Waals surface area contributed by atoms with Crippen LogP contribution in [-0.2, 0) is 0 Å². The molecule has 0 amide bonds. The average Bonchev–Trinajstić information content (AvgIpc) is 2.99. The first-order valence-corrected chi connectivity index (χ1v) is 12.3. The number of hydrogen-bond donors (Lipinski definition) is 3. The average molecular weight is 569 g/mol. The fourth-order valence-electron chi connectivity index (χ4n) is 4.89. The predicted molar refractivity (Wildman–Crippen MR) is 145 cm³/mol. The second-order valence-electron chi connectivity index (χ2n) is 8.91. The van der Waals surface area contributed by atoms with E-state index in [0.29, 0.717) is 11.3 Å². The Morgan fingerprint density at radius 1 is 0.805 bits per heavy atom. The molecule has 3 N–H and O–H groups in total. The van der Waals surface area contributed by atoms with Crippen LogP contribution in [0.4, 0.5) is 0 Å².